The number of thioether (sulfide) groups is 1. The Kier molecular flexibility index (Phi) is 5.85. The summed E-state index contributed by atoms with van der Waals surface area (Å²) in [6.07, 6.45) is 13.1. The number of nitrogens with one attached hydrogen (secondary N) is 2. The van der Waals surface area contributed by atoms with Crippen molar-refractivity contribution in [1.82, 2.24) is 25.1 Å². The Labute approximate surface area is 185 Å². The highest BCUT2D eigenvalue weighted by Gasteiger charge is 2.42. The van der Waals surface area contributed by atoms with Gasteiger partial charge in [0.25, 0.3) is 0 Å². The fraction of sp³-hybridized carbons (Fsp3) is 0.545. The molecule has 8 nitrogen and oxygen atoms in total. The number of fused-ring (bicyclic) bond motifs is 1. The number of urea groups is 1. The first kappa shape index (κ1) is 20.4. The molecule has 0 saturated carbocycles. The number of carbonyl (C=O) groups excluding carboxylic acids is 2. The molecule has 0 bridgehead atoms. The van der Waals surface area contributed by atoms with Crippen molar-refractivity contribution >= 4 is 41.7 Å². The molecule has 0 radical (unpaired) electrons. The summed E-state index contributed by atoms with van der Waals surface area (Å²) < 4.78 is 0. The van der Waals surface area contributed by atoms with E-state index in [1.54, 1.807) is 6.33 Å². The third-order valence-corrected chi connectivity index (χ3v) is 7.34. The Morgan fingerprint density at radius 2 is 2.13 bits per heavy atom. The smallest absolute Gasteiger partial charge is 0.324 e. The lowest BCUT2D eigenvalue weighted by Gasteiger charge is -2.32. The predicted octanol–water partition coefficient (Wildman–Crippen LogP) is 0.611. The van der Waals surface area contributed by atoms with Crippen molar-refractivity contribution in [3.05, 3.63) is 28.7 Å². The van der Waals surface area contributed by atoms with E-state index in [4.69, 9.17) is 0 Å². The van der Waals surface area contributed by atoms with Crippen LogP contribution in [0.5, 0.6) is 0 Å². The molecule has 2 atom stereocenters. The molecule has 4 aliphatic rings. The van der Waals surface area contributed by atoms with Crippen molar-refractivity contribution in [3.63, 3.8) is 0 Å². The number of nitrogens with zero attached hydrogens (tertiary/aromatic N) is 4. The SMILES string of the molecule is O=C(CN=C1NC(=O)N(C2C=c3[nH]cnc3=CC2)C1C1=CCCCC1)N1CCSCC1. The van der Waals surface area contributed by atoms with E-state index in [0.717, 1.165) is 54.6 Å². The second kappa shape index (κ2) is 8.90. The van der Waals surface area contributed by atoms with Crippen LogP contribution in [0.2, 0.25) is 0 Å². The van der Waals surface area contributed by atoms with Crippen molar-refractivity contribution in [2.24, 2.45) is 4.99 Å². The van der Waals surface area contributed by atoms with Gasteiger partial charge in [-0.25, -0.2) is 9.78 Å². The van der Waals surface area contributed by atoms with Crippen LogP contribution >= 0.6 is 11.8 Å². The van der Waals surface area contributed by atoms with Crippen molar-refractivity contribution in [1.29, 1.82) is 0 Å². The number of rotatable bonds is 4. The van der Waals surface area contributed by atoms with Crippen LogP contribution in [0, 0.1) is 0 Å². The largest absolute Gasteiger partial charge is 0.345 e. The number of amides is 3. The van der Waals surface area contributed by atoms with Crippen LogP contribution in [0.1, 0.15) is 32.1 Å². The Bertz CT molecular complexity index is 1040. The van der Waals surface area contributed by atoms with Crippen LogP contribution in [0.25, 0.3) is 12.2 Å². The van der Waals surface area contributed by atoms with Gasteiger partial charge in [-0.3, -0.25) is 15.1 Å². The van der Waals surface area contributed by atoms with E-state index in [-0.39, 0.29) is 30.6 Å². The molecule has 5 rings (SSSR count). The number of aromatic nitrogens is 2. The molecule has 3 heterocycles. The molecule has 1 aromatic rings. The molecule has 9 heteroatoms. The summed E-state index contributed by atoms with van der Waals surface area (Å²) in [6, 6.07) is -0.449. The summed E-state index contributed by atoms with van der Waals surface area (Å²) in [7, 11) is 0. The van der Waals surface area contributed by atoms with Crippen LogP contribution in [0.3, 0.4) is 0 Å². The lowest BCUT2D eigenvalue weighted by atomic mass is 9.91. The van der Waals surface area contributed by atoms with Gasteiger partial charge in [0, 0.05) is 24.6 Å². The van der Waals surface area contributed by atoms with Crippen LogP contribution in [-0.2, 0) is 4.79 Å². The van der Waals surface area contributed by atoms with E-state index in [1.165, 1.54) is 12.0 Å². The number of aliphatic imine (C=N–C) groups is 1. The topological polar surface area (TPSA) is 93.7 Å². The zero-order valence-electron chi connectivity index (χ0n) is 17.5. The number of hydrogen-bond acceptors (Lipinski definition) is 5. The van der Waals surface area contributed by atoms with Gasteiger partial charge in [-0.1, -0.05) is 12.2 Å². The van der Waals surface area contributed by atoms with Crippen LogP contribution in [-0.4, -0.2) is 80.8 Å². The lowest BCUT2D eigenvalue weighted by Crippen LogP contribution is -2.46. The molecule has 3 amide bonds. The average molecular weight is 441 g/mol. The van der Waals surface area contributed by atoms with Crippen LogP contribution in [0.4, 0.5) is 4.79 Å². The molecule has 0 spiro atoms. The van der Waals surface area contributed by atoms with Gasteiger partial charge in [0.15, 0.2) is 0 Å². The number of amidine groups is 1. The van der Waals surface area contributed by atoms with Crippen molar-refractivity contribution in [2.75, 3.05) is 31.1 Å². The van der Waals surface area contributed by atoms with Gasteiger partial charge in [-0.2, -0.15) is 11.8 Å². The molecule has 2 aliphatic carbocycles. The third-order valence-electron chi connectivity index (χ3n) is 6.40. The van der Waals surface area contributed by atoms with E-state index >= 15 is 0 Å². The summed E-state index contributed by atoms with van der Waals surface area (Å²) in [5.74, 6) is 2.61. The van der Waals surface area contributed by atoms with Crippen molar-refractivity contribution in [3.8, 4) is 0 Å². The van der Waals surface area contributed by atoms with Crippen molar-refractivity contribution < 1.29 is 9.59 Å². The molecular weight excluding hydrogens is 412 g/mol. The van der Waals surface area contributed by atoms with Gasteiger partial charge >= 0.3 is 6.03 Å². The Balaban J connectivity index is 1.42. The zero-order valence-corrected chi connectivity index (χ0v) is 18.4. The second-order valence-electron chi connectivity index (χ2n) is 8.33. The highest BCUT2D eigenvalue weighted by atomic mass is 32.2. The summed E-state index contributed by atoms with van der Waals surface area (Å²) >= 11 is 1.88. The molecule has 164 valence electrons. The van der Waals surface area contributed by atoms with Gasteiger partial charge in [0.05, 0.1) is 23.1 Å². The summed E-state index contributed by atoms with van der Waals surface area (Å²) in [4.78, 5) is 41.6. The minimum absolute atomic E-state index is 0.0385. The standard InChI is InChI=1S/C22H28N6O2S/c29-19(27-8-10-31-11-9-27)13-23-21-20(15-4-2-1-3-5-15)28(22(30)26-21)16-6-7-17-18(12-16)25-14-24-17/h4,7,12,14,16,20H,1-3,5-6,8-11,13H2,(H,24,25)(H,23,26,30). The van der Waals surface area contributed by atoms with Gasteiger partial charge in [0.2, 0.25) is 5.91 Å². The van der Waals surface area contributed by atoms with Gasteiger partial charge in [0.1, 0.15) is 18.4 Å². The van der Waals surface area contributed by atoms with Crippen LogP contribution in [0.15, 0.2) is 23.0 Å². The summed E-state index contributed by atoms with van der Waals surface area (Å²) in [5.41, 5.74) is 1.23. The molecule has 0 aromatic carbocycles. The maximum absolute atomic E-state index is 13.1. The Morgan fingerprint density at radius 1 is 1.26 bits per heavy atom. The number of imidazole rings is 1. The second-order valence-corrected chi connectivity index (χ2v) is 9.56. The quantitative estimate of drug-likeness (QED) is 0.671. The predicted molar refractivity (Wildman–Crippen MR) is 122 cm³/mol. The molecule has 2 saturated heterocycles. The fourth-order valence-electron chi connectivity index (χ4n) is 4.79. The van der Waals surface area contributed by atoms with Gasteiger partial charge in [-0.05, 0) is 43.8 Å². The number of allylic oxidation sites excluding steroid dienone is 1. The molecule has 31 heavy (non-hydrogen) atoms. The highest BCUT2D eigenvalue weighted by molar-refractivity contribution is 7.99. The summed E-state index contributed by atoms with van der Waals surface area (Å²) in [5, 5.41) is 4.87. The van der Waals surface area contributed by atoms with Gasteiger partial charge in [-0.15, -0.1) is 0 Å². The van der Waals surface area contributed by atoms with Gasteiger partial charge < -0.3 is 14.8 Å². The fourth-order valence-corrected chi connectivity index (χ4v) is 5.69. The molecule has 1 aromatic heterocycles. The molecule has 2 N–H and O–H groups in total. The lowest BCUT2D eigenvalue weighted by molar-refractivity contribution is -0.129. The van der Waals surface area contributed by atoms with E-state index in [2.05, 4.69) is 38.5 Å². The van der Waals surface area contributed by atoms with E-state index in [1.807, 2.05) is 21.6 Å². The third kappa shape index (κ3) is 4.15. The number of carbonyl (C=O) groups is 2. The monoisotopic (exact) mass is 440 g/mol. The minimum atomic E-state index is -0.225. The maximum Gasteiger partial charge on any atom is 0.324 e. The van der Waals surface area contributed by atoms with Crippen LogP contribution < -0.4 is 16.0 Å². The number of H-pyrrole nitrogens is 1. The normalized spacial score (nSPS) is 27.3. The Hall–Kier alpha value is -2.55. The number of aromatic amines is 1. The Morgan fingerprint density at radius 3 is 2.94 bits per heavy atom. The minimum Gasteiger partial charge on any atom is -0.345 e. The molecular formula is C22H28N6O2S. The summed E-state index contributed by atoms with van der Waals surface area (Å²) in [6.45, 7) is 1.64. The first-order chi connectivity index (χ1) is 15.2. The first-order valence-electron chi connectivity index (χ1n) is 11.1. The highest BCUT2D eigenvalue weighted by Crippen LogP contribution is 2.30. The average Bonchev–Trinajstić information content (AvgIpc) is 3.41. The molecule has 2 fully saturated rings. The number of hydrogen-bond donors (Lipinski definition) is 2. The van der Waals surface area contributed by atoms with E-state index in [0.29, 0.717) is 12.3 Å². The zero-order chi connectivity index (χ0) is 21.2. The maximum atomic E-state index is 13.1. The van der Waals surface area contributed by atoms with Crippen molar-refractivity contribution in [2.45, 2.75) is 44.2 Å². The van der Waals surface area contributed by atoms with E-state index in [9.17, 15) is 9.59 Å². The van der Waals surface area contributed by atoms with E-state index < -0.39 is 0 Å². The molecule has 2 unspecified atom stereocenters. The first-order valence-corrected chi connectivity index (χ1v) is 12.3. The molecule has 2 aliphatic heterocycles.